The second-order valence-electron chi connectivity index (χ2n) is 5.51. The maximum Gasteiger partial charge on any atom is 0.412 e. The van der Waals surface area contributed by atoms with Crippen molar-refractivity contribution in [1.82, 2.24) is 0 Å². The average Bonchev–Trinajstić information content (AvgIpc) is 3.10. The van der Waals surface area contributed by atoms with Gasteiger partial charge in [0.25, 0.3) is 0 Å². The van der Waals surface area contributed by atoms with Crippen molar-refractivity contribution in [3.05, 3.63) is 46.2 Å². The molecule has 0 bridgehead atoms. The molecule has 0 spiro atoms. The van der Waals surface area contributed by atoms with Crippen LogP contribution in [0, 0.1) is 0 Å². The summed E-state index contributed by atoms with van der Waals surface area (Å²) in [5.41, 5.74) is 0.169. The smallest absolute Gasteiger partial charge is 0.298 e. The molecule has 0 aliphatic heterocycles. The summed E-state index contributed by atoms with van der Waals surface area (Å²) in [6.45, 7) is -3.94. The van der Waals surface area contributed by atoms with Crippen LogP contribution < -0.4 is 0 Å². The summed E-state index contributed by atoms with van der Waals surface area (Å²) >= 11 is 1.08. The van der Waals surface area contributed by atoms with Crippen LogP contribution in [0.1, 0.15) is 16.1 Å². The maximum atomic E-state index is 13.1. The zero-order chi connectivity index (χ0) is 19.2. The van der Waals surface area contributed by atoms with Gasteiger partial charge < -0.3 is 0 Å². The number of alkyl halides is 6. The molecule has 142 valence electrons. The standard InChI is InChI=1S/C15H11F6O3PS/c16-14(17,18)7-23-25(22,24-8-15(19,20)21)12-10-4-2-1-3-9(10)11-5-6-26-13(11)12/h1-6,12H,7-8H2. The van der Waals surface area contributed by atoms with E-state index in [1.807, 2.05) is 0 Å². The molecule has 1 aromatic carbocycles. The Labute approximate surface area is 148 Å². The molecule has 3 nitrogen and oxygen atoms in total. The van der Waals surface area contributed by atoms with Crippen LogP contribution in [0.3, 0.4) is 0 Å². The molecule has 0 saturated carbocycles. The molecule has 0 fully saturated rings. The minimum atomic E-state index is -4.87. The zero-order valence-electron chi connectivity index (χ0n) is 12.8. The van der Waals surface area contributed by atoms with Gasteiger partial charge in [0.15, 0.2) is 13.2 Å². The second kappa shape index (κ2) is 6.67. The van der Waals surface area contributed by atoms with Crippen molar-refractivity contribution in [2.45, 2.75) is 18.0 Å². The quantitative estimate of drug-likeness (QED) is 0.432. The van der Waals surface area contributed by atoms with Gasteiger partial charge in [-0.2, -0.15) is 26.3 Å². The third-order valence-electron chi connectivity index (χ3n) is 3.62. The molecule has 26 heavy (non-hydrogen) atoms. The number of halogens is 6. The summed E-state index contributed by atoms with van der Waals surface area (Å²) in [7, 11) is -4.82. The van der Waals surface area contributed by atoms with Crippen molar-refractivity contribution in [2.75, 3.05) is 13.2 Å². The van der Waals surface area contributed by atoms with Gasteiger partial charge in [-0.25, -0.2) is 0 Å². The molecule has 1 heterocycles. The number of benzene rings is 1. The minimum Gasteiger partial charge on any atom is -0.298 e. The summed E-state index contributed by atoms with van der Waals surface area (Å²) in [6, 6.07) is 8.03. The fourth-order valence-electron chi connectivity index (χ4n) is 2.70. The topological polar surface area (TPSA) is 35.5 Å². The van der Waals surface area contributed by atoms with Crippen molar-refractivity contribution in [3.8, 4) is 11.1 Å². The summed E-state index contributed by atoms with van der Waals surface area (Å²) in [6.07, 6.45) is -9.73. The van der Waals surface area contributed by atoms with E-state index in [1.165, 1.54) is 6.07 Å². The Hall–Kier alpha value is -1.35. The van der Waals surface area contributed by atoms with Gasteiger partial charge in [-0.3, -0.25) is 13.6 Å². The van der Waals surface area contributed by atoms with Crippen LogP contribution >= 0.6 is 18.9 Å². The summed E-state index contributed by atoms with van der Waals surface area (Å²) < 4.78 is 97.4. The Kier molecular flexibility index (Phi) is 4.98. The number of rotatable bonds is 5. The molecule has 1 aliphatic rings. The molecule has 1 atom stereocenters. The van der Waals surface area contributed by atoms with Crippen molar-refractivity contribution in [1.29, 1.82) is 0 Å². The van der Waals surface area contributed by atoms with Gasteiger partial charge in [0.05, 0.1) is 0 Å². The molecule has 11 heteroatoms. The molecular weight excluding hydrogens is 405 g/mol. The number of hydrogen-bond donors (Lipinski definition) is 0. The predicted octanol–water partition coefficient (Wildman–Crippen LogP) is 6.17. The minimum absolute atomic E-state index is 0.321. The van der Waals surface area contributed by atoms with E-state index < -0.39 is 38.8 Å². The van der Waals surface area contributed by atoms with E-state index in [0.29, 0.717) is 21.6 Å². The predicted molar refractivity (Wildman–Crippen MR) is 83.2 cm³/mol. The molecular formula is C15H11F6O3PS. The first kappa shape index (κ1) is 19.4. The van der Waals surface area contributed by atoms with Crippen LogP contribution in [-0.2, 0) is 13.6 Å². The largest absolute Gasteiger partial charge is 0.412 e. The molecule has 1 aliphatic carbocycles. The van der Waals surface area contributed by atoms with Crippen LogP contribution in [0.25, 0.3) is 11.1 Å². The molecule has 0 saturated heterocycles. The van der Waals surface area contributed by atoms with Gasteiger partial charge in [0.1, 0.15) is 5.66 Å². The van der Waals surface area contributed by atoms with Crippen LogP contribution in [0.4, 0.5) is 26.3 Å². The lowest BCUT2D eigenvalue weighted by Crippen LogP contribution is -2.21. The second-order valence-corrected chi connectivity index (χ2v) is 8.57. The van der Waals surface area contributed by atoms with Gasteiger partial charge in [-0.1, -0.05) is 24.3 Å². The highest BCUT2D eigenvalue weighted by Gasteiger charge is 2.49. The first-order valence-electron chi connectivity index (χ1n) is 7.19. The Bertz CT molecular complexity index is 822. The Morgan fingerprint density at radius 3 is 2.08 bits per heavy atom. The lowest BCUT2D eigenvalue weighted by Gasteiger charge is -2.26. The van der Waals surface area contributed by atoms with Crippen molar-refractivity contribution < 1.29 is 40.0 Å². The normalized spacial score (nSPS) is 17.2. The number of thiophene rings is 1. The highest BCUT2D eigenvalue weighted by Crippen LogP contribution is 2.69. The van der Waals surface area contributed by atoms with E-state index in [4.69, 9.17) is 0 Å². The highest BCUT2D eigenvalue weighted by molar-refractivity contribution is 7.55. The van der Waals surface area contributed by atoms with E-state index in [0.717, 1.165) is 11.3 Å². The molecule has 0 N–H and O–H groups in total. The Morgan fingerprint density at radius 2 is 1.50 bits per heavy atom. The average molecular weight is 416 g/mol. The summed E-state index contributed by atoms with van der Waals surface area (Å²) in [5.74, 6) is 0. The highest BCUT2D eigenvalue weighted by atomic mass is 32.1. The molecule has 0 amide bonds. The molecule has 3 rings (SSSR count). The Balaban J connectivity index is 2.03. The SMILES string of the molecule is O=P(OCC(F)(F)F)(OCC(F)(F)F)C1c2ccccc2-c2ccsc21. The van der Waals surface area contributed by atoms with Crippen LogP contribution in [0.15, 0.2) is 35.7 Å². The van der Waals surface area contributed by atoms with E-state index in [1.54, 1.807) is 29.6 Å². The molecule has 0 radical (unpaired) electrons. The fraction of sp³-hybridized carbons (Fsp3) is 0.333. The molecule has 2 aromatic rings. The van der Waals surface area contributed by atoms with E-state index in [9.17, 15) is 30.9 Å². The number of hydrogen-bond acceptors (Lipinski definition) is 4. The monoisotopic (exact) mass is 416 g/mol. The lowest BCUT2D eigenvalue weighted by atomic mass is 10.1. The third-order valence-corrected chi connectivity index (χ3v) is 6.92. The zero-order valence-corrected chi connectivity index (χ0v) is 14.5. The molecule has 1 unspecified atom stereocenters. The van der Waals surface area contributed by atoms with Gasteiger partial charge in [0.2, 0.25) is 0 Å². The maximum absolute atomic E-state index is 13.1. The van der Waals surface area contributed by atoms with Crippen LogP contribution in [0.2, 0.25) is 0 Å². The third kappa shape index (κ3) is 3.98. The van der Waals surface area contributed by atoms with Gasteiger partial charge in [-0.15, -0.1) is 11.3 Å². The van der Waals surface area contributed by atoms with Crippen molar-refractivity contribution >= 4 is 18.9 Å². The van der Waals surface area contributed by atoms with Crippen molar-refractivity contribution in [2.24, 2.45) is 0 Å². The van der Waals surface area contributed by atoms with E-state index in [2.05, 4.69) is 9.05 Å². The first-order valence-corrected chi connectivity index (χ1v) is 9.68. The van der Waals surface area contributed by atoms with Crippen LogP contribution in [0.5, 0.6) is 0 Å². The van der Waals surface area contributed by atoms with Gasteiger partial charge in [-0.05, 0) is 28.1 Å². The van der Waals surface area contributed by atoms with Crippen molar-refractivity contribution in [3.63, 3.8) is 0 Å². The number of fused-ring (bicyclic) bond motifs is 3. The Morgan fingerprint density at radius 1 is 0.923 bits per heavy atom. The summed E-state index contributed by atoms with van der Waals surface area (Å²) in [5, 5.41) is 1.62. The van der Waals surface area contributed by atoms with Gasteiger partial charge in [0, 0.05) is 4.88 Å². The molecule has 1 aromatic heterocycles. The first-order chi connectivity index (χ1) is 12.0. The van der Waals surface area contributed by atoms with Crippen LogP contribution in [-0.4, -0.2) is 25.6 Å². The fourth-order valence-corrected chi connectivity index (χ4v) is 6.20. The van der Waals surface area contributed by atoms with Gasteiger partial charge >= 0.3 is 19.9 Å². The van der Waals surface area contributed by atoms with E-state index in [-0.39, 0.29) is 0 Å². The van der Waals surface area contributed by atoms with E-state index >= 15 is 0 Å². The summed E-state index contributed by atoms with van der Waals surface area (Å²) in [4.78, 5) is 0.360. The lowest BCUT2D eigenvalue weighted by molar-refractivity contribution is -0.165.